The first-order chi connectivity index (χ1) is 14.7. The zero-order valence-electron chi connectivity index (χ0n) is 17.1. The second-order valence-electron chi connectivity index (χ2n) is 7.62. The Kier molecular flexibility index (Phi) is 6.49. The Bertz CT molecular complexity index is 849. The number of para-hydroxylation sites is 1. The third kappa shape index (κ3) is 5.10. The molecule has 2 aliphatic rings. The number of rotatable bonds is 6. The largest absolute Gasteiger partial charge is 0.492 e. The molecule has 0 saturated carbocycles. The van der Waals surface area contributed by atoms with E-state index in [0.717, 1.165) is 49.7 Å². The van der Waals surface area contributed by atoms with Gasteiger partial charge in [0.2, 0.25) is 5.91 Å². The molecular formula is C23H28N4O3. The number of carbonyl (C=O) groups excluding carboxylic acids is 2. The summed E-state index contributed by atoms with van der Waals surface area (Å²) in [6.07, 6.45) is 1.52. The van der Waals surface area contributed by atoms with E-state index in [1.807, 2.05) is 59.5 Å². The zero-order chi connectivity index (χ0) is 20.8. The maximum absolute atomic E-state index is 12.6. The Hall–Kier alpha value is -3.06. The summed E-state index contributed by atoms with van der Waals surface area (Å²) in [5.74, 6) is 1.05. The topological polar surface area (TPSA) is 65.1 Å². The van der Waals surface area contributed by atoms with Gasteiger partial charge in [-0.25, -0.2) is 4.79 Å². The van der Waals surface area contributed by atoms with Crippen LogP contribution in [0.15, 0.2) is 54.6 Å². The molecule has 2 aliphatic heterocycles. The lowest BCUT2D eigenvalue weighted by Gasteiger charge is -2.34. The van der Waals surface area contributed by atoms with Crippen LogP contribution < -0.4 is 15.0 Å². The van der Waals surface area contributed by atoms with Crippen LogP contribution in [0.1, 0.15) is 12.8 Å². The predicted molar refractivity (Wildman–Crippen MR) is 117 cm³/mol. The van der Waals surface area contributed by atoms with Gasteiger partial charge in [-0.3, -0.25) is 9.69 Å². The Labute approximate surface area is 177 Å². The van der Waals surface area contributed by atoms with Crippen molar-refractivity contribution in [1.82, 2.24) is 9.80 Å². The molecule has 2 aromatic carbocycles. The first kappa shape index (κ1) is 20.2. The van der Waals surface area contributed by atoms with E-state index in [9.17, 15) is 9.59 Å². The summed E-state index contributed by atoms with van der Waals surface area (Å²) in [4.78, 5) is 30.4. The number of hydrogen-bond donors (Lipinski definition) is 1. The summed E-state index contributed by atoms with van der Waals surface area (Å²) in [7, 11) is 0. The van der Waals surface area contributed by atoms with Gasteiger partial charge in [-0.15, -0.1) is 0 Å². The van der Waals surface area contributed by atoms with Crippen LogP contribution in [-0.4, -0.2) is 67.6 Å². The van der Waals surface area contributed by atoms with Crippen LogP contribution in [0.5, 0.6) is 5.75 Å². The third-order valence-corrected chi connectivity index (χ3v) is 5.58. The van der Waals surface area contributed by atoms with E-state index in [1.54, 1.807) is 4.90 Å². The van der Waals surface area contributed by atoms with Gasteiger partial charge in [0.25, 0.3) is 0 Å². The van der Waals surface area contributed by atoms with Crippen molar-refractivity contribution in [2.45, 2.75) is 12.8 Å². The van der Waals surface area contributed by atoms with Crippen LogP contribution in [0.25, 0.3) is 0 Å². The van der Waals surface area contributed by atoms with Gasteiger partial charge in [-0.1, -0.05) is 18.2 Å². The van der Waals surface area contributed by atoms with E-state index < -0.39 is 0 Å². The van der Waals surface area contributed by atoms with Crippen molar-refractivity contribution < 1.29 is 14.3 Å². The molecule has 2 fully saturated rings. The van der Waals surface area contributed by atoms with E-state index in [2.05, 4.69) is 10.2 Å². The molecule has 0 spiro atoms. The predicted octanol–water partition coefficient (Wildman–Crippen LogP) is 3.04. The Morgan fingerprint density at radius 3 is 2.33 bits per heavy atom. The third-order valence-electron chi connectivity index (χ3n) is 5.58. The molecule has 2 heterocycles. The number of carbonyl (C=O) groups is 2. The van der Waals surface area contributed by atoms with Crippen molar-refractivity contribution in [2.24, 2.45) is 0 Å². The van der Waals surface area contributed by atoms with Gasteiger partial charge in [-0.2, -0.15) is 0 Å². The summed E-state index contributed by atoms with van der Waals surface area (Å²) >= 11 is 0. The van der Waals surface area contributed by atoms with Gasteiger partial charge in [0.1, 0.15) is 12.4 Å². The Morgan fingerprint density at radius 2 is 1.67 bits per heavy atom. The molecule has 3 amide bonds. The second kappa shape index (κ2) is 9.63. The van der Waals surface area contributed by atoms with Crippen molar-refractivity contribution >= 4 is 23.3 Å². The van der Waals surface area contributed by atoms with Crippen molar-refractivity contribution in [3.05, 3.63) is 54.6 Å². The highest BCUT2D eigenvalue weighted by Crippen LogP contribution is 2.23. The lowest BCUT2D eigenvalue weighted by atomic mass is 10.2. The minimum Gasteiger partial charge on any atom is -0.492 e. The average molecular weight is 409 g/mol. The number of ether oxygens (including phenoxy) is 1. The molecule has 0 bridgehead atoms. The molecule has 0 aliphatic carbocycles. The van der Waals surface area contributed by atoms with E-state index >= 15 is 0 Å². The van der Waals surface area contributed by atoms with Gasteiger partial charge in [-0.05, 0) is 42.8 Å². The number of anilines is 2. The SMILES string of the molecule is O=C(Nc1ccc(N2CCCC2=O)cc1)N1CCN(CCOc2ccccc2)CC1. The van der Waals surface area contributed by atoms with E-state index in [-0.39, 0.29) is 11.9 Å². The first-order valence-electron chi connectivity index (χ1n) is 10.6. The fourth-order valence-corrected chi connectivity index (χ4v) is 3.83. The lowest BCUT2D eigenvalue weighted by molar-refractivity contribution is -0.117. The van der Waals surface area contributed by atoms with Crippen LogP contribution >= 0.6 is 0 Å². The molecule has 30 heavy (non-hydrogen) atoms. The molecule has 0 atom stereocenters. The van der Waals surface area contributed by atoms with Crippen LogP contribution in [0.4, 0.5) is 16.2 Å². The monoisotopic (exact) mass is 408 g/mol. The van der Waals surface area contributed by atoms with Crippen molar-refractivity contribution in [3.63, 3.8) is 0 Å². The standard InChI is InChI=1S/C23H28N4O3/c28-22-7-4-12-27(22)20-10-8-19(9-11-20)24-23(29)26-15-13-25(14-16-26)17-18-30-21-5-2-1-3-6-21/h1-3,5-6,8-11H,4,7,12-18H2,(H,24,29). The molecule has 1 N–H and O–H groups in total. The second-order valence-corrected chi connectivity index (χ2v) is 7.62. The maximum Gasteiger partial charge on any atom is 0.321 e. The highest BCUT2D eigenvalue weighted by Gasteiger charge is 2.23. The highest BCUT2D eigenvalue weighted by atomic mass is 16.5. The molecule has 7 heteroatoms. The molecule has 0 radical (unpaired) electrons. The summed E-state index contributed by atoms with van der Waals surface area (Å²) in [5.41, 5.74) is 1.64. The Morgan fingerprint density at radius 1 is 0.933 bits per heavy atom. The fraction of sp³-hybridized carbons (Fsp3) is 0.391. The molecule has 4 rings (SSSR count). The minimum atomic E-state index is -0.0832. The van der Waals surface area contributed by atoms with Crippen molar-refractivity contribution in [1.29, 1.82) is 0 Å². The smallest absolute Gasteiger partial charge is 0.321 e. The summed E-state index contributed by atoms with van der Waals surface area (Å²) in [6, 6.07) is 17.2. The van der Waals surface area contributed by atoms with Crippen molar-refractivity contribution in [2.75, 3.05) is 56.1 Å². The number of urea groups is 1. The van der Waals surface area contributed by atoms with Crippen LogP contribution in [0.2, 0.25) is 0 Å². The molecule has 2 aromatic rings. The first-order valence-corrected chi connectivity index (χ1v) is 10.6. The summed E-state index contributed by atoms with van der Waals surface area (Å²) < 4.78 is 5.76. The molecule has 2 saturated heterocycles. The molecule has 7 nitrogen and oxygen atoms in total. The zero-order valence-corrected chi connectivity index (χ0v) is 17.1. The number of piperazine rings is 1. The van der Waals surface area contributed by atoms with Crippen LogP contribution in [0, 0.1) is 0 Å². The van der Waals surface area contributed by atoms with Gasteiger partial charge in [0.05, 0.1) is 0 Å². The van der Waals surface area contributed by atoms with Crippen LogP contribution in [-0.2, 0) is 4.79 Å². The lowest BCUT2D eigenvalue weighted by Crippen LogP contribution is -2.50. The number of nitrogens with one attached hydrogen (secondary N) is 1. The van der Waals surface area contributed by atoms with Gasteiger partial charge >= 0.3 is 6.03 Å². The number of hydrogen-bond acceptors (Lipinski definition) is 4. The van der Waals surface area contributed by atoms with E-state index in [4.69, 9.17) is 4.74 Å². The highest BCUT2D eigenvalue weighted by molar-refractivity contribution is 5.96. The fourth-order valence-electron chi connectivity index (χ4n) is 3.83. The minimum absolute atomic E-state index is 0.0832. The Balaban J connectivity index is 1.19. The summed E-state index contributed by atoms with van der Waals surface area (Å²) in [5, 5.41) is 2.96. The maximum atomic E-state index is 12.6. The van der Waals surface area contributed by atoms with Crippen molar-refractivity contribution in [3.8, 4) is 5.75 Å². The van der Waals surface area contributed by atoms with E-state index in [0.29, 0.717) is 26.1 Å². The molecular weight excluding hydrogens is 380 g/mol. The average Bonchev–Trinajstić information content (AvgIpc) is 3.21. The summed E-state index contributed by atoms with van der Waals surface area (Å²) in [6.45, 7) is 5.31. The molecule has 158 valence electrons. The van der Waals surface area contributed by atoms with Crippen LogP contribution in [0.3, 0.4) is 0 Å². The normalized spacial score (nSPS) is 17.3. The van der Waals surface area contributed by atoms with Gasteiger partial charge < -0.3 is 19.9 Å². The van der Waals surface area contributed by atoms with E-state index in [1.165, 1.54) is 0 Å². The van der Waals surface area contributed by atoms with Gasteiger partial charge in [0.15, 0.2) is 0 Å². The van der Waals surface area contributed by atoms with Gasteiger partial charge in [0, 0.05) is 57.1 Å². The molecule has 0 aromatic heterocycles. The number of nitrogens with zero attached hydrogens (tertiary/aromatic N) is 3. The number of amides is 3. The number of benzene rings is 2. The molecule has 0 unspecified atom stereocenters. The quantitative estimate of drug-likeness (QED) is 0.798.